The largest absolute Gasteiger partial charge is 0.394 e. The van der Waals surface area contributed by atoms with Gasteiger partial charge in [-0.3, -0.25) is 4.55 Å². The van der Waals surface area contributed by atoms with Crippen LogP contribution in [0, 0.1) is 0 Å². The van der Waals surface area contributed by atoms with E-state index in [1.54, 1.807) is 18.2 Å². The molecule has 1 unspecified atom stereocenters. The van der Waals surface area contributed by atoms with E-state index in [0.717, 1.165) is 22.5 Å². The molecule has 254 valence electrons. The van der Waals surface area contributed by atoms with Crippen molar-refractivity contribution in [3.63, 3.8) is 0 Å². The van der Waals surface area contributed by atoms with Gasteiger partial charge in [-0.15, -0.1) is 0 Å². The molecule has 12 nitrogen and oxygen atoms in total. The van der Waals surface area contributed by atoms with Crippen molar-refractivity contribution in [3.8, 4) is 0 Å². The summed E-state index contributed by atoms with van der Waals surface area (Å²) >= 11 is 0. The fraction of sp³-hybridized carbons (Fsp3) is 0.455. The first kappa shape index (κ1) is 37.3. The Bertz CT molecular complexity index is 1360. The highest BCUT2D eigenvalue weighted by atomic mass is 32.2. The molecule has 3 rings (SSSR count). The van der Waals surface area contributed by atoms with Crippen LogP contribution in [-0.4, -0.2) is 121 Å². The summed E-state index contributed by atoms with van der Waals surface area (Å²) in [5.41, 5.74) is 3.86. The van der Waals surface area contributed by atoms with E-state index in [0.29, 0.717) is 58.2 Å². The van der Waals surface area contributed by atoms with Crippen LogP contribution in [0.4, 0.5) is 11.4 Å². The number of anilines is 2. The fourth-order valence-electron chi connectivity index (χ4n) is 4.88. The van der Waals surface area contributed by atoms with Gasteiger partial charge in [-0.2, -0.15) is 8.42 Å². The molecule has 0 aliphatic heterocycles. The Morgan fingerprint density at radius 3 is 1.70 bits per heavy atom. The van der Waals surface area contributed by atoms with Gasteiger partial charge in [0, 0.05) is 36.9 Å². The summed E-state index contributed by atoms with van der Waals surface area (Å²) in [4.78, 5) is 1.94. The van der Waals surface area contributed by atoms with Gasteiger partial charge in [0.2, 0.25) is 0 Å². The van der Waals surface area contributed by atoms with E-state index >= 15 is 0 Å². The molecule has 0 saturated heterocycles. The minimum absolute atomic E-state index is 0.0316. The molecule has 0 aromatic heterocycles. The normalized spacial score (nSPS) is 12.3. The summed E-state index contributed by atoms with van der Waals surface area (Å²) in [5, 5.41) is 30.0. The zero-order valence-corrected chi connectivity index (χ0v) is 26.8. The van der Waals surface area contributed by atoms with E-state index in [1.807, 2.05) is 48.5 Å². The lowest BCUT2D eigenvalue weighted by Gasteiger charge is -2.26. The third-order valence-electron chi connectivity index (χ3n) is 7.01. The quantitative estimate of drug-likeness (QED) is 0.0541. The topological polar surface area (TPSA) is 167 Å². The van der Waals surface area contributed by atoms with E-state index in [-0.39, 0.29) is 44.5 Å². The van der Waals surface area contributed by atoms with Crippen LogP contribution in [0.15, 0.2) is 77.7 Å². The van der Waals surface area contributed by atoms with Crippen molar-refractivity contribution in [2.75, 3.05) is 103 Å². The molecule has 46 heavy (non-hydrogen) atoms. The van der Waals surface area contributed by atoms with Crippen LogP contribution in [0.5, 0.6) is 0 Å². The van der Waals surface area contributed by atoms with Crippen molar-refractivity contribution in [1.82, 2.24) is 0 Å². The highest BCUT2D eigenvalue weighted by Gasteiger charge is 2.25. The second-order valence-electron chi connectivity index (χ2n) is 10.2. The molecule has 13 heteroatoms. The van der Waals surface area contributed by atoms with E-state index in [4.69, 9.17) is 34.3 Å². The summed E-state index contributed by atoms with van der Waals surface area (Å²) in [6.45, 7) is 4.39. The maximum absolute atomic E-state index is 12.4. The molecule has 0 bridgehead atoms. The summed E-state index contributed by atoms with van der Waals surface area (Å²) in [6, 6.07) is 21.9. The maximum Gasteiger partial charge on any atom is 0.294 e. The van der Waals surface area contributed by atoms with Crippen LogP contribution < -0.4 is 10.2 Å². The number of aliphatic hydroxyl groups excluding tert-OH is 3. The molecular weight excluding hydrogens is 616 g/mol. The molecule has 0 radical (unpaired) electrons. The number of aliphatic hydroxyl groups is 3. The number of hydrogen-bond donors (Lipinski definition) is 5. The van der Waals surface area contributed by atoms with Crippen LogP contribution >= 0.6 is 0 Å². The number of benzene rings is 3. The first-order valence-corrected chi connectivity index (χ1v) is 16.7. The second kappa shape index (κ2) is 20.9. The fourth-order valence-corrected chi connectivity index (χ4v) is 5.62. The van der Waals surface area contributed by atoms with Gasteiger partial charge in [-0.1, -0.05) is 42.5 Å². The smallest absolute Gasteiger partial charge is 0.294 e. The second-order valence-corrected chi connectivity index (χ2v) is 11.6. The lowest BCUT2D eigenvalue weighted by molar-refractivity contribution is 0.0347. The number of rotatable bonds is 24. The van der Waals surface area contributed by atoms with Crippen molar-refractivity contribution in [2.24, 2.45) is 0 Å². The monoisotopic (exact) mass is 662 g/mol. The Kier molecular flexibility index (Phi) is 17.0. The number of ether oxygens (including phenoxy) is 4. The van der Waals surface area contributed by atoms with E-state index < -0.39 is 16.0 Å². The third kappa shape index (κ3) is 12.6. The van der Waals surface area contributed by atoms with Gasteiger partial charge in [0.05, 0.1) is 77.6 Å². The van der Waals surface area contributed by atoms with Gasteiger partial charge in [-0.05, 0) is 47.0 Å². The molecule has 5 N–H and O–H groups in total. The average Bonchev–Trinajstić information content (AvgIpc) is 3.06. The van der Waals surface area contributed by atoms with Crippen molar-refractivity contribution in [1.29, 1.82) is 0 Å². The Balaban J connectivity index is 1.85. The van der Waals surface area contributed by atoms with Crippen LogP contribution in [0.3, 0.4) is 0 Å². The Hall–Kier alpha value is -3.11. The van der Waals surface area contributed by atoms with Crippen LogP contribution in [-0.2, 0) is 29.1 Å². The van der Waals surface area contributed by atoms with Crippen LogP contribution in [0.25, 0.3) is 0 Å². The van der Waals surface area contributed by atoms with Crippen molar-refractivity contribution < 1.29 is 47.2 Å². The predicted molar refractivity (Wildman–Crippen MR) is 175 cm³/mol. The van der Waals surface area contributed by atoms with E-state index in [9.17, 15) is 13.0 Å². The SMILES string of the molecule is O=S(=O)(O)c1ccccc1C(c1ccc(NCCOCCO)cc1)c1ccc(N(CCOCCO)CCOCCOCCO)cc1. The zero-order valence-electron chi connectivity index (χ0n) is 26.0. The molecule has 0 heterocycles. The lowest BCUT2D eigenvalue weighted by atomic mass is 9.85. The highest BCUT2D eigenvalue weighted by Crippen LogP contribution is 2.37. The van der Waals surface area contributed by atoms with Crippen molar-refractivity contribution in [3.05, 3.63) is 89.5 Å². The summed E-state index contributed by atoms with van der Waals surface area (Å²) < 4.78 is 56.6. The minimum atomic E-state index is -4.50. The first-order chi connectivity index (χ1) is 22.4. The molecule has 3 aromatic carbocycles. The van der Waals surface area contributed by atoms with Gasteiger partial charge < -0.3 is 44.5 Å². The van der Waals surface area contributed by atoms with Crippen LogP contribution in [0.1, 0.15) is 22.6 Å². The Morgan fingerprint density at radius 1 is 0.630 bits per heavy atom. The average molecular weight is 663 g/mol. The maximum atomic E-state index is 12.4. The van der Waals surface area contributed by atoms with Gasteiger partial charge >= 0.3 is 0 Å². The predicted octanol–water partition coefficient (Wildman–Crippen LogP) is 2.38. The van der Waals surface area contributed by atoms with E-state index in [2.05, 4.69) is 10.2 Å². The third-order valence-corrected chi connectivity index (χ3v) is 7.94. The number of nitrogens with zero attached hydrogens (tertiary/aromatic N) is 1. The molecule has 0 amide bonds. The molecule has 0 spiro atoms. The highest BCUT2D eigenvalue weighted by molar-refractivity contribution is 7.85. The molecule has 0 aliphatic rings. The van der Waals surface area contributed by atoms with Crippen molar-refractivity contribution in [2.45, 2.75) is 10.8 Å². The Morgan fingerprint density at radius 2 is 1.13 bits per heavy atom. The molecule has 3 aromatic rings. The van der Waals surface area contributed by atoms with Gasteiger partial charge in [0.15, 0.2) is 0 Å². The van der Waals surface area contributed by atoms with Crippen LogP contribution in [0.2, 0.25) is 0 Å². The summed E-state index contributed by atoms with van der Waals surface area (Å²) in [7, 11) is -4.50. The molecule has 0 aliphatic carbocycles. The zero-order chi connectivity index (χ0) is 33.0. The molecule has 0 fully saturated rings. The lowest BCUT2D eigenvalue weighted by Crippen LogP contribution is -2.31. The summed E-state index contributed by atoms with van der Waals surface area (Å²) in [6.07, 6.45) is 0. The molecule has 1 atom stereocenters. The molecule has 0 saturated carbocycles. The Labute approximate surface area is 271 Å². The van der Waals surface area contributed by atoms with E-state index in [1.165, 1.54) is 6.07 Å². The van der Waals surface area contributed by atoms with Gasteiger partial charge in [-0.25, -0.2) is 0 Å². The standard InChI is InChI=1S/C33H46N2O10S/c36-16-22-42-19-13-34-29-9-5-27(6-10-29)33(31-3-1-2-4-32(31)46(39,40)41)28-7-11-30(12-8-28)35(14-20-43-23-17-37)15-21-44-25-26-45-24-18-38/h1-12,33-34,36-38H,13-26H2,(H,39,40,41). The minimum Gasteiger partial charge on any atom is -0.394 e. The number of hydrogen-bond acceptors (Lipinski definition) is 11. The van der Waals surface area contributed by atoms with Gasteiger partial charge in [0.25, 0.3) is 10.1 Å². The van der Waals surface area contributed by atoms with Gasteiger partial charge in [0.1, 0.15) is 0 Å². The molecular formula is C33H46N2O10S. The first-order valence-electron chi connectivity index (χ1n) is 15.3. The number of nitrogens with one attached hydrogen (secondary N) is 1. The summed E-state index contributed by atoms with van der Waals surface area (Å²) in [5.74, 6) is -0.502. The van der Waals surface area contributed by atoms with Crippen molar-refractivity contribution >= 4 is 21.5 Å².